The van der Waals surface area contributed by atoms with Gasteiger partial charge in [0.25, 0.3) is 5.69 Å². The van der Waals surface area contributed by atoms with Crippen molar-refractivity contribution in [3.8, 4) is 0 Å². The first-order valence-corrected chi connectivity index (χ1v) is 11.1. The lowest BCUT2D eigenvalue weighted by Gasteiger charge is -2.37. The largest absolute Gasteiger partial charge is 0.392 e. The van der Waals surface area contributed by atoms with Gasteiger partial charge in [0.2, 0.25) is 0 Å². The van der Waals surface area contributed by atoms with Gasteiger partial charge in [0.15, 0.2) is 0 Å². The number of anilines is 1. The Balaban J connectivity index is 1.71. The van der Waals surface area contributed by atoms with Crippen LogP contribution in [0.4, 0.5) is 11.5 Å². The molecular formula is C23H33N5O3. The predicted octanol–water partition coefficient (Wildman–Crippen LogP) is 3.27. The van der Waals surface area contributed by atoms with Crippen molar-refractivity contribution in [2.45, 2.75) is 52.6 Å². The Morgan fingerprint density at radius 2 is 1.81 bits per heavy atom. The molecule has 8 nitrogen and oxygen atoms in total. The van der Waals surface area contributed by atoms with Gasteiger partial charge in [-0.15, -0.1) is 0 Å². The fourth-order valence-corrected chi connectivity index (χ4v) is 4.10. The normalized spacial score (nSPS) is 15.8. The number of hydrogen-bond acceptors (Lipinski definition) is 7. The lowest BCUT2D eigenvalue weighted by atomic mass is 10.0. The number of aryl methyl sites for hydroxylation is 2. The van der Waals surface area contributed by atoms with Crippen molar-refractivity contribution in [3.63, 3.8) is 0 Å². The molecule has 1 atom stereocenters. The molecule has 1 fully saturated rings. The van der Waals surface area contributed by atoms with Crippen LogP contribution < -0.4 is 4.90 Å². The van der Waals surface area contributed by atoms with E-state index in [1.54, 1.807) is 24.3 Å². The second-order valence-electron chi connectivity index (χ2n) is 8.34. The molecule has 2 aromatic rings. The molecule has 0 amide bonds. The number of aromatic nitrogens is 2. The summed E-state index contributed by atoms with van der Waals surface area (Å²) in [6.45, 7) is 10.3. The standard InChI is InChI=1S/C23H33N5O3/c1-4-5-6-21(29)16-26-11-13-27(14-12-26)23-22(17(2)24-18(3)25-23)15-19-7-9-20(10-8-19)28(30)31/h7-10,21,29H,4-6,11-16H2,1-3H3/t21-/m0/s1. The number of hydrogen-bond donors (Lipinski definition) is 1. The van der Waals surface area contributed by atoms with E-state index in [9.17, 15) is 15.2 Å². The summed E-state index contributed by atoms with van der Waals surface area (Å²) in [5.41, 5.74) is 3.10. The number of β-amino-alcohol motifs (C(OH)–C–C–N with tert-alkyl or cyclic N) is 1. The highest BCUT2D eigenvalue weighted by Crippen LogP contribution is 2.26. The zero-order valence-electron chi connectivity index (χ0n) is 18.8. The number of nitrogens with zero attached hydrogens (tertiary/aromatic N) is 5. The average Bonchev–Trinajstić information content (AvgIpc) is 2.75. The molecule has 0 bridgehead atoms. The number of benzene rings is 1. The van der Waals surface area contributed by atoms with Gasteiger partial charge >= 0.3 is 0 Å². The van der Waals surface area contributed by atoms with Gasteiger partial charge in [-0.25, -0.2) is 9.97 Å². The molecule has 0 radical (unpaired) electrons. The van der Waals surface area contributed by atoms with E-state index in [4.69, 9.17) is 4.98 Å². The van der Waals surface area contributed by atoms with Crippen LogP contribution in [0.1, 0.15) is 48.8 Å². The maximum atomic E-state index is 10.9. The summed E-state index contributed by atoms with van der Waals surface area (Å²) in [7, 11) is 0. The molecule has 0 unspecified atom stereocenters. The van der Waals surface area contributed by atoms with E-state index in [1.165, 1.54) is 0 Å². The van der Waals surface area contributed by atoms with Gasteiger partial charge in [0, 0.05) is 62.5 Å². The molecule has 8 heteroatoms. The van der Waals surface area contributed by atoms with Crippen molar-refractivity contribution in [1.29, 1.82) is 0 Å². The third-order valence-electron chi connectivity index (χ3n) is 5.86. The SMILES string of the molecule is CCCC[C@H](O)CN1CCN(c2nc(C)nc(C)c2Cc2ccc([N+](=O)[O-])cc2)CC1. The molecule has 0 saturated carbocycles. The summed E-state index contributed by atoms with van der Waals surface area (Å²) in [5.74, 6) is 1.70. The van der Waals surface area contributed by atoms with Gasteiger partial charge in [-0.05, 0) is 25.8 Å². The summed E-state index contributed by atoms with van der Waals surface area (Å²) in [6.07, 6.45) is 3.41. The van der Waals surface area contributed by atoms with Gasteiger partial charge in [-0.2, -0.15) is 0 Å². The minimum absolute atomic E-state index is 0.0955. The molecule has 1 aromatic carbocycles. The zero-order chi connectivity index (χ0) is 22.4. The fraction of sp³-hybridized carbons (Fsp3) is 0.565. The molecule has 0 spiro atoms. The number of aliphatic hydroxyl groups is 1. The van der Waals surface area contributed by atoms with Crippen LogP contribution in [-0.2, 0) is 6.42 Å². The molecule has 3 rings (SSSR count). The fourth-order valence-electron chi connectivity index (χ4n) is 4.10. The molecule has 168 valence electrons. The molecule has 2 heterocycles. The van der Waals surface area contributed by atoms with E-state index in [0.717, 1.165) is 80.4 Å². The second kappa shape index (κ2) is 10.6. The smallest absolute Gasteiger partial charge is 0.269 e. The van der Waals surface area contributed by atoms with Crippen LogP contribution in [0.5, 0.6) is 0 Å². The van der Waals surface area contributed by atoms with E-state index in [-0.39, 0.29) is 16.7 Å². The van der Waals surface area contributed by atoms with Crippen molar-refractivity contribution in [2.24, 2.45) is 0 Å². The van der Waals surface area contributed by atoms with Crippen LogP contribution in [0.2, 0.25) is 0 Å². The van der Waals surface area contributed by atoms with Crippen molar-refractivity contribution in [2.75, 3.05) is 37.6 Å². The highest BCUT2D eigenvalue weighted by atomic mass is 16.6. The maximum Gasteiger partial charge on any atom is 0.269 e. The third-order valence-corrected chi connectivity index (χ3v) is 5.86. The number of rotatable bonds is 9. The number of nitro groups is 1. The lowest BCUT2D eigenvalue weighted by molar-refractivity contribution is -0.384. The van der Waals surface area contributed by atoms with Gasteiger partial charge in [-0.1, -0.05) is 31.9 Å². The summed E-state index contributed by atoms with van der Waals surface area (Å²) in [5, 5.41) is 21.2. The Morgan fingerprint density at radius 3 is 2.42 bits per heavy atom. The van der Waals surface area contributed by atoms with E-state index < -0.39 is 0 Å². The van der Waals surface area contributed by atoms with E-state index in [2.05, 4.69) is 21.7 Å². The number of non-ortho nitro benzene ring substituents is 1. The first kappa shape index (κ1) is 23.1. The summed E-state index contributed by atoms with van der Waals surface area (Å²) < 4.78 is 0. The van der Waals surface area contributed by atoms with Crippen molar-refractivity contribution >= 4 is 11.5 Å². The molecule has 1 N–H and O–H groups in total. The van der Waals surface area contributed by atoms with E-state index in [0.29, 0.717) is 6.42 Å². The van der Waals surface area contributed by atoms with Crippen LogP contribution in [-0.4, -0.2) is 63.7 Å². The molecule has 31 heavy (non-hydrogen) atoms. The summed E-state index contributed by atoms with van der Waals surface area (Å²) >= 11 is 0. The molecule has 1 saturated heterocycles. The second-order valence-corrected chi connectivity index (χ2v) is 8.34. The number of unbranched alkanes of at least 4 members (excludes halogenated alkanes) is 1. The van der Waals surface area contributed by atoms with Gasteiger partial charge in [0.1, 0.15) is 11.6 Å². The highest BCUT2D eigenvalue weighted by Gasteiger charge is 2.23. The molecule has 1 aliphatic heterocycles. The van der Waals surface area contributed by atoms with Crippen LogP contribution in [0.25, 0.3) is 0 Å². The van der Waals surface area contributed by atoms with E-state index >= 15 is 0 Å². The highest BCUT2D eigenvalue weighted by molar-refractivity contribution is 5.52. The van der Waals surface area contributed by atoms with Crippen molar-refractivity contribution in [1.82, 2.24) is 14.9 Å². The van der Waals surface area contributed by atoms with Crippen molar-refractivity contribution in [3.05, 3.63) is 57.0 Å². The average molecular weight is 428 g/mol. The first-order valence-electron chi connectivity index (χ1n) is 11.1. The number of nitro benzene ring substituents is 1. The Bertz CT molecular complexity index is 880. The third kappa shape index (κ3) is 6.21. The Kier molecular flexibility index (Phi) is 7.92. The minimum Gasteiger partial charge on any atom is -0.392 e. The predicted molar refractivity (Wildman–Crippen MR) is 122 cm³/mol. The first-order chi connectivity index (χ1) is 14.9. The monoisotopic (exact) mass is 427 g/mol. The summed E-state index contributed by atoms with van der Waals surface area (Å²) in [6, 6.07) is 6.69. The molecule has 1 aliphatic rings. The quantitative estimate of drug-likeness (QED) is 0.485. The van der Waals surface area contributed by atoms with Gasteiger partial charge in [0.05, 0.1) is 11.0 Å². The lowest BCUT2D eigenvalue weighted by Crippen LogP contribution is -2.49. The molecular weight excluding hydrogens is 394 g/mol. The number of piperazine rings is 1. The van der Waals surface area contributed by atoms with Crippen molar-refractivity contribution < 1.29 is 10.0 Å². The summed E-state index contributed by atoms with van der Waals surface area (Å²) in [4.78, 5) is 24.5. The molecule has 1 aromatic heterocycles. The van der Waals surface area contributed by atoms with Crippen LogP contribution in [0.15, 0.2) is 24.3 Å². The van der Waals surface area contributed by atoms with Gasteiger partial charge < -0.3 is 10.0 Å². The number of aliphatic hydroxyl groups excluding tert-OH is 1. The van der Waals surface area contributed by atoms with Crippen LogP contribution in [0, 0.1) is 24.0 Å². The van der Waals surface area contributed by atoms with Crippen LogP contribution >= 0.6 is 0 Å². The Labute approximate surface area is 184 Å². The zero-order valence-corrected chi connectivity index (χ0v) is 18.8. The van der Waals surface area contributed by atoms with Gasteiger partial charge in [-0.3, -0.25) is 15.0 Å². The Hall–Kier alpha value is -2.58. The molecule has 0 aliphatic carbocycles. The minimum atomic E-state index is -0.381. The Morgan fingerprint density at radius 1 is 1.13 bits per heavy atom. The van der Waals surface area contributed by atoms with E-state index in [1.807, 2.05) is 13.8 Å². The maximum absolute atomic E-state index is 10.9. The van der Waals surface area contributed by atoms with Crippen LogP contribution in [0.3, 0.4) is 0 Å². The topological polar surface area (TPSA) is 95.6 Å².